The van der Waals surface area contributed by atoms with Crippen LogP contribution in [0.15, 0.2) is 22.7 Å². The molecule has 0 aliphatic carbocycles. The maximum atomic E-state index is 12.7. The van der Waals surface area contributed by atoms with Crippen LogP contribution in [0, 0.1) is 0 Å². The lowest BCUT2D eigenvalue weighted by Crippen LogP contribution is -2.41. The molecule has 1 fully saturated rings. The van der Waals surface area contributed by atoms with E-state index in [-0.39, 0.29) is 29.2 Å². The van der Waals surface area contributed by atoms with Gasteiger partial charge in [-0.3, -0.25) is 4.79 Å². The van der Waals surface area contributed by atoms with Crippen molar-refractivity contribution < 1.29 is 22.7 Å². The first-order valence-corrected chi connectivity index (χ1v) is 5.93. The van der Waals surface area contributed by atoms with Gasteiger partial charge < -0.3 is 9.64 Å². The van der Waals surface area contributed by atoms with Crippen molar-refractivity contribution in [1.29, 1.82) is 0 Å². The monoisotopic (exact) mass is 323 g/mol. The van der Waals surface area contributed by atoms with E-state index in [1.807, 2.05) is 0 Å². The minimum absolute atomic E-state index is 0.103. The van der Waals surface area contributed by atoms with E-state index in [9.17, 15) is 18.0 Å². The highest BCUT2D eigenvalue weighted by Gasteiger charge is 2.32. The average molecular weight is 324 g/mol. The number of rotatable bonds is 1. The Bertz CT molecular complexity index is 476. The molecular formula is C11H9BrF3NO2. The Hall–Kier alpha value is -1.08. The number of alkyl halides is 3. The van der Waals surface area contributed by atoms with E-state index in [0.29, 0.717) is 6.61 Å². The van der Waals surface area contributed by atoms with Crippen LogP contribution in [0.3, 0.4) is 0 Å². The van der Waals surface area contributed by atoms with E-state index in [0.717, 1.165) is 12.1 Å². The Labute approximate surface area is 110 Å². The smallest absolute Gasteiger partial charge is 0.370 e. The Morgan fingerprint density at radius 2 is 2.00 bits per heavy atom. The Morgan fingerprint density at radius 1 is 1.28 bits per heavy atom. The Morgan fingerprint density at radius 3 is 2.61 bits per heavy atom. The average Bonchev–Trinajstić information content (AvgIpc) is 2.27. The standard InChI is InChI=1S/C11H9BrF3NO2/c12-8-3-7(11(13,14)15)4-9(5-8)16-1-2-18-6-10(16)17/h3-5H,1-2,6H2. The fourth-order valence-corrected chi connectivity index (χ4v) is 2.17. The third kappa shape index (κ3) is 2.84. The molecule has 7 heteroatoms. The van der Waals surface area contributed by atoms with Crippen molar-refractivity contribution in [2.45, 2.75) is 6.18 Å². The van der Waals surface area contributed by atoms with E-state index >= 15 is 0 Å². The quantitative estimate of drug-likeness (QED) is 0.795. The van der Waals surface area contributed by atoms with Crippen LogP contribution in [0.1, 0.15) is 5.56 Å². The zero-order valence-electron chi connectivity index (χ0n) is 9.13. The van der Waals surface area contributed by atoms with Gasteiger partial charge in [-0.05, 0) is 18.2 Å². The van der Waals surface area contributed by atoms with Crippen molar-refractivity contribution in [2.75, 3.05) is 24.7 Å². The van der Waals surface area contributed by atoms with Crippen molar-refractivity contribution in [2.24, 2.45) is 0 Å². The van der Waals surface area contributed by atoms with E-state index < -0.39 is 11.7 Å². The van der Waals surface area contributed by atoms with Crippen LogP contribution in [0.4, 0.5) is 18.9 Å². The molecule has 0 unspecified atom stereocenters. The largest absolute Gasteiger partial charge is 0.416 e. The number of anilines is 1. The summed E-state index contributed by atoms with van der Waals surface area (Å²) < 4.78 is 43.2. The summed E-state index contributed by atoms with van der Waals surface area (Å²) in [5, 5.41) is 0. The Kier molecular flexibility index (Phi) is 3.63. The predicted molar refractivity (Wildman–Crippen MR) is 62.3 cm³/mol. The fourth-order valence-electron chi connectivity index (χ4n) is 1.68. The SMILES string of the molecule is O=C1COCCN1c1cc(Br)cc(C(F)(F)F)c1. The summed E-state index contributed by atoms with van der Waals surface area (Å²) in [7, 11) is 0. The van der Waals surface area contributed by atoms with Gasteiger partial charge in [0, 0.05) is 16.7 Å². The number of carbonyl (C=O) groups is 1. The molecule has 0 aromatic heterocycles. The van der Waals surface area contributed by atoms with Crippen LogP contribution < -0.4 is 4.90 Å². The van der Waals surface area contributed by atoms with Gasteiger partial charge in [0.1, 0.15) is 6.61 Å². The molecule has 1 aromatic carbocycles. The van der Waals surface area contributed by atoms with Gasteiger partial charge in [-0.15, -0.1) is 0 Å². The number of benzene rings is 1. The van der Waals surface area contributed by atoms with Gasteiger partial charge in [-0.2, -0.15) is 13.2 Å². The van der Waals surface area contributed by atoms with Crippen LogP contribution in [0.5, 0.6) is 0 Å². The normalized spacial score (nSPS) is 17.1. The molecule has 0 bridgehead atoms. The second-order valence-electron chi connectivity index (χ2n) is 3.79. The highest BCUT2D eigenvalue weighted by molar-refractivity contribution is 9.10. The van der Waals surface area contributed by atoms with E-state index in [1.54, 1.807) is 0 Å². The summed E-state index contributed by atoms with van der Waals surface area (Å²) in [5.41, 5.74) is -0.559. The lowest BCUT2D eigenvalue weighted by Gasteiger charge is -2.27. The van der Waals surface area contributed by atoms with E-state index in [2.05, 4.69) is 15.9 Å². The number of amides is 1. The molecule has 1 amide bonds. The maximum absolute atomic E-state index is 12.7. The summed E-state index contributed by atoms with van der Waals surface area (Å²) in [5.74, 6) is -0.340. The van der Waals surface area contributed by atoms with Gasteiger partial charge in [0.15, 0.2) is 0 Å². The van der Waals surface area contributed by atoms with Gasteiger partial charge >= 0.3 is 6.18 Å². The molecule has 1 heterocycles. The van der Waals surface area contributed by atoms with E-state index in [1.165, 1.54) is 11.0 Å². The number of halogens is 4. The molecule has 3 nitrogen and oxygen atoms in total. The lowest BCUT2D eigenvalue weighted by molar-refractivity contribution is -0.137. The number of nitrogens with zero attached hydrogens (tertiary/aromatic N) is 1. The zero-order chi connectivity index (χ0) is 13.3. The molecule has 0 spiro atoms. The third-order valence-electron chi connectivity index (χ3n) is 2.51. The molecule has 18 heavy (non-hydrogen) atoms. The molecule has 0 radical (unpaired) electrons. The van der Waals surface area contributed by atoms with Gasteiger partial charge in [0.25, 0.3) is 5.91 Å². The van der Waals surface area contributed by atoms with Crippen molar-refractivity contribution in [3.8, 4) is 0 Å². The van der Waals surface area contributed by atoms with E-state index in [4.69, 9.17) is 4.74 Å². The van der Waals surface area contributed by atoms with Gasteiger partial charge in [0.05, 0.1) is 12.2 Å². The van der Waals surface area contributed by atoms with Crippen molar-refractivity contribution in [1.82, 2.24) is 0 Å². The first kappa shape index (κ1) is 13.4. The summed E-state index contributed by atoms with van der Waals surface area (Å²) in [6.07, 6.45) is -4.44. The zero-order valence-corrected chi connectivity index (χ0v) is 10.7. The summed E-state index contributed by atoms with van der Waals surface area (Å²) in [4.78, 5) is 12.9. The lowest BCUT2D eigenvalue weighted by atomic mass is 10.1. The summed E-state index contributed by atoms with van der Waals surface area (Å²) in [6.45, 7) is 0.472. The highest BCUT2D eigenvalue weighted by Crippen LogP contribution is 2.34. The van der Waals surface area contributed by atoms with Gasteiger partial charge in [-0.25, -0.2) is 0 Å². The van der Waals surface area contributed by atoms with Crippen molar-refractivity contribution >= 4 is 27.5 Å². The molecule has 0 saturated carbocycles. The van der Waals surface area contributed by atoms with Crippen LogP contribution in [-0.4, -0.2) is 25.7 Å². The second-order valence-corrected chi connectivity index (χ2v) is 4.71. The number of hydrogen-bond donors (Lipinski definition) is 0. The van der Waals surface area contributed by atoms with Gasteiger partial charge in [0.2, 0.25) is 0 Å². The Balaban J connectivity index is 2.38. The predicted octanol–water partition coefficient (Wildman–Crippen LogP) is 2.83. The molecule has 0 N–H and O–H groups in total. The van der Waals surface area contributed by atoms with Crippen molar-refractivity contribution in [3.05, 3.63) is 28.2 Å². The molecular weight excluding hydrogens is 315 g/mol. The minimum Gasteiger partial charge on any atom is -0.370 e. The number of carbonyl (C=O) groups excluding carboxylic acids is 1. The first-order valence-electron chi connectivity index (χ1n) is 5.14. The maximum Gasteiger partial charge on any atom is 0.416 e. The van der Waals surface area contributed by atoms with Crippen LogP contribution >= 0.6 is 15.9 Å². The molecule has 1 saturated heterocycles. The van der Waals surface area contributed by atoms with Crippen LogP contribution in [0.2, 0.25) is 0 Å². The van der Waals surface area contributed by atoms with Crippen LogP contribution in [-0.2, 0) is 15.7 Å². The molecule has 1 aliphatic heterocycles. The summed E-state index contributed by atoms with van der Waals surface area (Å²) >= 11 is 3.02. The molecule has 98 valence electrons. The number of hydrogen-bond acceptors (Lipinski definition) is 2. The fraction of sp³-hybridized carbons (Fsp3) is 0.364. The molecule has 2 rings (SSSR count). The summed E-state index contributed by atoms with van der Waals surface area (Å²) in [6, 6.07) is 3.43. The van der Waals surface area contributed by atoms with Crippen molar-refractivity contribution in [3.63, 3.8) is 0 Å². The molecule has 0 atom stereocenters. The first-order chi connectivity index (χ1) is 8.38. The topological polar surface area (TPSA) is 29.5 Å². The number of ether oxygens (including phenoxy) is 1. The van der Waals surface area contributed by atoms with Crippen LogP contribution in [0.25, 0.3) is 0 Å². The molecule has 1 aromatic rings. The third-order valence-corrected chi connectivity index (χ3v) is 2.97. The molecule has 1 aliphatic rings. The number of morpholine rings is 1. The minimum atomic E-state index is -4.44. The highest BCUT2D eigenvalue weighted by atomic mass is 79.9. The van der Waals surface area contributed by atoms with Gasteiger partial charge in [-0.1, -0.05) is 15.9 Å². The second kappa shape index (κ2) is 4.89.